The van der Waals surface area contributed by atoms with Crippen molar-refractivity contribution >= 4 is 17.8 Å². The number of carbonyl (C=O) groups is 3. The van der Waals surface area contributed by atoms with Gasteiger partial charge in [-0.2, -0.15) is 0 Å². The van der Waals surface area contributed by atoms with Gasteiger partial charge in [0, 0.05) is 5.92 Å². The topological polar surface area (TPSA) is 104 Å². The summed E-state index contributed by atoms with van der Waals surface area (Å²) in [6, 6.07) is -0.994. The van der Waals surface area contributed by atoms with Gasteiger partial charge in [0.2, 0.25) is 5.91 Å². The van der Waals surface area contributed by atoms with Crippen LogP contribution >= 0.6 is 0 Å². The fraction of sp³-hybridized carbons (Fsp3) is 0.727. The molecule has 3 atom stereocenters. The van der Waals surface area contributed by atoms with Gasteiger partial charge in [-0.3, -0.25) is 9.59 Å². The summed E-state index contributed by atoms with van der Waals surface area (Å²) in [6.07, 6.45) is 0. The average molecular weight is 245 g/mol. The van der Waals surface area contributed by atoms with Crippen LogP contribution < -0.4 is 5.32 Å². The first kappa shape index (κ1) is 15.4. The fourth-order valence-electron chi connectivity index (χ4n) is 1.24. The van der Waals surface area contributed by atoms with Gasteiger partial charge in [0.25, 0.3) is 0 Å². The summed E-state index contributed by atoms with van der Waals surface area (Å²) >= 11 is 0. The third kappa shape index (κ3) is 4.42. The Balaban J connectivity index is 4.62. The minimum atomic E-state index is -1.12. The van der Waals surface area contributed by atoms with E-state index in [9.17, 15) is 14.4 Å². The van der Waals surface area contributed by atoms with Crippen LogP contribution in [-0.4, -0.2) is 34.1 Å². The molecule has 98 valence electrons. The molecule has 0 aliphatic carbocycles. The first-order valence-corrected chi connectivity index (χ1v) is 5.44. The molecule has 6 nitrogen and oxygen atoms in total. The monoisotopic (exact) mass is 245 g/mol. The number of nitrogens with one attached hydrogen (secondary N) is 1. The van der Waals surface area contributed by atoms with Crippen molar-refractivity contribution in [1.82, 2.24) is 5.32 Å². The Bertz CT molecular complexity index is 313. The molecule has 0 bridgehead atoms. The van der Waals surface area contributed by atoms with Gasteiger partial charge in [-0.1, -0.05) is 27.7 Å². The van der Waals surface area contributed by atoms with Crippen LogP contribution in [0.3, 0.4) is 0 Å². The highest BCUT2D eigenvalue weighted by Gasteiger charge is 2.30. The molecule has 17 heavy (non-hydrogen) atoms. The zero-order valence-electron chi connectivity index (χ0n) is 10.4. The quantitative estimate of drug-likeness (QED) is 0.634. The second kappa shape index (κ2) is 6.22. The maximum Gasteiger partial charge on any atom is 0.326 e. The predicted molar refractivity (Wildman–Crippen MR) is 60.4 cm³/mol. The molecule has 3 unspecified atom stereocenters. The SMILES string of the molecule is CC(C)C(NC(=O)C(C)C(C)C(=O)O)C(=O)O. The van der Waals surface area contributed by atoms with Gasteiger partial charge in [-0.15, -0.1) is 0 Å². The number of aliphatic carboxylic acids is 2. The van der Waals surface area contributed by atoms with Crippen LogP contribution in [0.5, 0.6) is 0 Å². The maximum absolute atomic E-state index is 11.7. The number of hydrogen-bond acceptors (Lipinski definition) is 3. The number of carbonyl (C=O) groups excluding carboxylic acids is 1. The van der Waals surface area contributed by atoms with Crippen molar-refractivity contribution in [3.63, 3.8) is 0 Å². The summed E-state index contributed by atoms with van der Waals surface area (Å²) in [5.41, 5.74) is 0. The van der Waals surface area contributed by atoms with Gasteiger partial charge in [-0.25, -0.2) is 4.79 Å². The molecular weight excluding hydrogens is 226 g/mol. The first-order chi connectivity index (χ1) is 7.68. The fourth-order valence-corrected chi connectivity index (χ4v) is 1.24. The summed E-state index contributed by atoms with van der Waals surface area (Å²) in [4.78, 5) is 33.2. The average Bonchev–Trinajstić information content (AvgIpc) is 2.22. The summed E-state index contributed by atoms with van der Waals surface area (Å²) in [6.45, 7) is 6.22. The van der Waals surface area contributed by atoms with Gasteiger partial charge in [-0.05, 0) is 5.92 Å². The van der Waals surface area contributed by atoms with E-state index in [0.717, 1.165) is 0 Å². The molecule has 3 N–H and O–H groups in total. The van der Waals surface area contributed by atoms with Crippen LogP contribution in [0.1, 0.15) is 27.7 Å². The van der Waals surface area contributed by atoms with Gasteiger partial charge >= 0.3 is 11.9 Å². The van der Waals surface area contributed by atoms with Crippen LogP contribution in [0.15, 0.2) is 0 Å². The van der Waals surface area contributed by atoms with Crippen LogP contribution in [-0.2, 0) is 14.4 Å². The lowest BCUT2D eigenvalue weighted by Gasteiger charge is -2.22. The van der Waals surface area contributed by atoms with Gasteiger partial charge in [0.1, 0.15) is 6.04 Å². The second-order valence-electron chi connectivity index (χ2n) is 4.48. The van der Waals surface area contributed by atoms with E-state index in [0.29, 0.717) is 0 Å². The first-order valence-electron chi connectivity index (χ1n) is 5.44. The van der Waals surface area contributed by atoms with Crippen LogP contribution in [0, 0.1) is 17.8 Å². The highest BCUT2D eigenvalue weighted by atomic mass is 16.4. The Morgan fingerprint density at radius 1 is 0.882 bits per heavy atom. The van der Waals surface area contributed by atoms with Crippen molar-refractivity contribution in [3.8, 4) is 0 Å². The van der Waals surface area contributed by atoms with Crippen molar-refractivity contribution < 1.29 is 24.6 Å². The van der Waals surface area contributed by atoms with Crippen LogP contribution in [0.25, 0.3) is 0 Å². The summed E-state index contributed by atoms with van der Waals surface area (Å²) in [5.74, 6) is -4.64. The third-order valence-corrected chi connectivity index (χ3v) is 2.78. The molecule has 0 aliphatic heterocycles. The third-order valence-electron chi connectivity index (χ3n) is 2.78. The van der Waals surface area contributed by atoms with E-state index in [1.165, 1.54) is 13.8 Å². The smallest absolute Gasteiger partial charge is 0.326 e. The lowest BCUT2D eigenvalue weighted by Crippen LogP contribution is -2.47. The molecule has 0 fully saturated rings. The van der Waals surface area contributed by atoms with Crippen LogP contribution in [0.2, 0.25) is 0 Å². The zero-order chi connectivity index (χ0) is 13.7. The molecule has 0 aromatic carbocycles. The number of rotatable bonds is 6. The maximum atomic E-state index is 11.7. The van der Waals surface area contributed by atoms with Crippen LogP contribution in [0.4, 0.5) is 0 Å². The Labute approximate surface area is 100 Å². The lowest BCUT2D eigenvalue weighted by atomic mass is 9.94. The predicted octanol–water partition coefficient (Wildman–Crippen LogP) is 0.569. The molecule has 0 saturated heterocycles. The second-order valence-corrected chi connectivity index (χ2v) is 4.48. The minimum absolute atomic E-state index is 0.260. The number of carboxylic acids is 2. The van der Waals surface area contributed by atoms with Gasteiger partial charge in [0.05, 0.1) is 5.92 Å². The van der Waals surface area contributed by atoms with Crippen molar-refractivity contribution in [1.29, 1.82) is 0 Å². The Hall–Kier alpha value is -1.59. The van der Waals surface area contributed by atoms with E-state index in [1.54, 1.807) is 13.8 Å². The van der Waals surface area contributed by atoms with Gasteiger partial charge < -0.3 is 15.5 Å². The van der Waals surface area contributed by atoms with E-state index < -0.39 is 35.7 Å². The molecule has 0 radical (unpaired) electrons. The lowest BCUT2D eigenvalue weighted by molar-refractivity contribution is -0.147. The minimum Gasteiger partial charge on any atom is -0.481 e. The van der Waals surface area contributed by atoms with Crippen molar-refractivity contribution in [3.05, 3.63) is 0 Å². The molecule has 1 amide bonds. The van der Waals surface area contributed by atoms with Crippen molar-refractivity contribution in [2.24, 2.45) is 17.8 Å². The number of amides is 1. The van der Waals surface area contributed by atoms with Crippen molar-refractivity contribution in [2.75, 3.05) is 0 Å². The van der Waals surface area contributed by atoms with E-state index in [4.69, 9.17) is 10.2 Å². The Morgan fingerprint density at radius 3 is 1.65 bits per heavy atom. The highest BCUT2D eigenvalue weighted by Crippen LogP contribution is 2.12. The van der Waals surface area contributed by atoms with Crippen molar-refractivity contribution in [2.45, 2.75) is 33.7 Å². The zero-order valence-corrected chi connectivity index (χ0v) is 10.4. The Morgan fingerprint density at radius 2 is 1.35 bits per heavy atom. The number of carboxylic acid groups (broad SMARTS) is 2. The molecule has 0 spiro atoms. The molecule has 0 saturated carbocycles. The van der Waals surface area contributed by atoms with Gasteiger partial charge in [0.15, 0.2) is 0 Å². The van der Waals surface area contributed by atoms with E-state index >= 15 is 0 Å². The number of hydrogen-bond donors (Lipinski definition) is 3. The molecule has 0 rings (SSSR count). The largest absolute Gasteiger partial charge is 0.481 e. The summed E-state index contributed by atoms with van der Waals surface area (Å²) < 4.78 is 0. The molecule has 0 aliphatic rings. The summed E-state index contributed by atoms with van der Waals surface area (Å²) in [7, 11) is 0. The summed E-state index contributed by atoms with van der Waals surface area (Å²) in [5, 5.41) is 20.0. The highest BCUT2D eigenvalue weighted by molar-refractivity contribution is 5.87. The van der Waals surface area contributed by atoms with E-state index in [-0.39, 0.29) is 5.92 Å². The molecule has 0 aromatic heterocycles. The molecule has 0 aromatic rings. The molecular formula is C11H19NO5. The molecule has 6 heteroatoms. The normalized spacial score (nSPS) is 16.1. The standard InChI is InChI=1S/C11H19NO5/c1-5(2)8(11(16)17)12-9(13)6(3)7(4)10(14)15/h5-8H,1-4H3,(H,12,13)(H,14,15)(H,16,17). The van der Waals surface area contributed by atoms with E-state index in [1.807, 2.05) is 0 Å². The molecule has 0 heterocycles. The van der Waals surface area contributed by atoms with E-state index in [2.05, 4.69) is 5.32 Å². The Kier molecular flexibility index (Phi) is 5.64.